The summed E-state index contributed by atoms with van der Waals surface area (Å²) in [6.45, 7) is 1.40. The molecule has 140 valence electrons. The maximum atomic E-state index is 13.0. The number of carbonyl (C=O) groups is 1. The summed E-state index contributed by atoms with van der Waals surface area (Å²) in [6.07, 6.45) is 3.66. The molecule has 7 heteroatoms. The summed E-state index contributed by atoms with van der Waals surface area (Å²) in [6, 6.07) is 13.9. The molecule has 4 rings (SSSR count). The molecule has 0 radical (unpaired) electrons. The quantitative estimate of drug-likeness (QED) is 0.713. The van der Waals surface area contributed by atoms with E-state index >= 15 is 0 Å². The van der Waals surface area contributed by atoms with Gasteiger partial charge in [-0.25, -0.2) is 9.48 Å². The largest absolute Gasteiger partial charge is 0.497 e. The zero-order chi connectivity index (χ0) is 18.6. The number of methoxy groups -OCH3 is 1. The number of carbonyl (C=O) groups excluding carboxylic acids is 1. The Morgan fingerprint density at radius 2 is 2.26 bits per heavy atom. The number of hydrogen-bond donors (Lipinski definition) is 1. The second-order valence-electron chi connectivity index (χ2n) is 6.51. The molecule has 3 aromatic rings. The Labute approximate surface area is 162 Å². The number of rotatable bonds is 5. The molecule has 1 aromatic carbocycles. The number of amides is 2. The van der Waals surface area contributed by atoms with E-state index in [9.17, 15) is 4.79 Å². The molecule has 1 unspecified atom stereocenters. The molecular weight excluding hydrogens is 360 g/mol. The summed E-state index contributed by atoms with van der Waals surface area (Å²) in [5.74, 6) is 1.53. The van der Waals surface area contributed by atoms with E-state index in [1.165, 1.54) is 4.88 Å². The van der Waals surface area contributed by atoms with Gasteiger partial charge >= 0.3 is 6.03 Å². The van der Waals surface area contributed by atoms with Crippen LogP contribution < -0.4 is 10.1 Å². The first-order valence-corrected chi connectivity index (χ1v) is 9.88. The molecule has 1 aliphatic rings. The maximum Gasteiger partial charge on any atom is 0.323 e. The molecule has 27 heavy (non-hydrogen) atoms. The summed E-state index contributed by atoms with van der Waals surface area (Å²) in [5.41, 5.74) is 1.11. The van der Waals surface area contributed by atoms with Crippen molar-refractivity contribution in [3.05, 3.63) is 64.5 Å². The van der Waals surface area contributed by atoms with E-state index in [4.69, 9.17) is 4.74 Å². The highest BCUT2D eigenvalue weighted by molar-refractivity contribution is 7.09. The molecule has 1 atom stereocenters. The van der Waals surface area contributed by atoms with Crippen LogP contribution in [0.25, 0.3) is 0 Å². The van der Waals surface area contributed by atoms with Crippen molar-refractivity contribution in [2.75, 3.05) is 19.0 Å². The van der Waals surface area contributed by atoms with Crippen LogP contribution in [0.3, 0.4) is 0 Å². The van der Waals surface area contributed by atoms with Gasteiger partial charge in [-0.1, -0.05) is 18.2 Å². The fourth-order valence-corrected chi connectivity index (χ4v) is 4.19. The summed E-state index contributed by atoms with van der Waals surface area (Å²) in [5, 5.41) is 9.42. The first-order chi connectivity index (χ1) is 13.2. The van der Waals surface area contributed by atoms with Crippen LogP contribution in [0.4, 0.5) is 10.6 Å². The molecule has 0 aliphatic carbocycles. The number of thiophene rings is 1. The lowest BCUT2D eigenvalue weighted by Crippen LogP contribution is -2.35. The number of hydrogen-bond acceptors (Lipinski definition) is 4. The standard InChI is InChI=1S/C20H22N4O2S/c1-26-16-6-2-5-15(13-16)18-8-3-11-23(18)20(25)22-19-9-10-21-24(19)14-17-7-4-12-27-17/h2,4-7,9-10,12-13,18H,3,8,11,14H2,1H3,(H,22,25). The zero-order valence-electron chi connectivity index (χ0n) is 15.2. The van der Waals surface area contributed by atoms with Crippen LogP contribution in [0.2, 0.25) is 0 Å². The molecule has 2 aromatic heterocycles. The van der Waals surface area contributed by atoms with E-state index < -0.39 is 0 Å². The number of nitrogens with zero attached hydrogens (tertiary/aromatic N) is 3. The van der Waals surface area contributed by atoms with E-state index in [0.29, 0.717) is 12.4 Å². The molecular formula is C20H22N4O2S. The number of benzene rings is 1. The molecule has 1 fully saturated rings. The number of anilines is 1. The van der Waals surface area contributed by atoms with Gasteiger partial charge in [0.2, 0.25) is 0 Å². The molecule has 1 saturated heterocycles. The Bertz CT molecular complexity index is 906. The minimum Gasteiger partial charge on any atom is -0.497 e. The van der Waals surface area contributed by atoms with Gasteiger partial charge in [-0.2, -0.15) is 5.10 Å². The Morgan fingerprint density at radius 3 is 3.07 bits per heavy atom. The molecule has 1 aliphatic heterocycles. The predicted octanol–water partition coefficient (Wildman–Crippen LogP) is 4.37. The van der Waals surface area contributed by atoms with Crippen LogP contribution in [0.15, 0.2) is 54.0 Å². The number of aromatic nitrogens is 2. The molecule has 0 saturated carbocycles. The number of ether oxygens (including phenoxy) is 1. The van der Waals surface area contributed by atoms with Crippen LogP contribution in [0.1, 0.15) is 29.3 Å². The Balaban J connectivity index is 1.48. The van der Waals surface area contributed by atoms with Crippen molar-refractivity contribution in [1.29, 1.82) is 0 Å². The Kier molecular flexibility index (Phi) is 5.11. The van der Waals surface area contributed by atoms with Crippen molar-refractivity contribution in [3.63, 3.8) is 0 Å². The third-order valence-corrected chi connectivity index (χ3v) is 5.69. The molecule has 6 nitrogen and oxygen atoms in total. The van der Waals surface area contributed by atoms with Crippen LogP contribution in [-0.2, 0) is 6.54 Å². The summed E-state index contributed by atoms with van der Waals surface area (Å²) in [7, 11) is 1.66. The SMILES string of the molecule is COc1cccc(C2CCCN2C(=O)Nc2ccnn2Cc2cccs2)c1. The van der Waals surface area contributed by atoms with Crippen molar-refractivity contribution >= 4 is 23.2 Å². The van der Waals surface area contributed by atoms with Crippen LogP contribution >= 0.6 is 11.3 Å². The van der Waals surface area contributed by atoms with Gasteiger partial charge in [-0.05, 0) is 42.0 Å². The maximum absolute atomic E-state index is 13.0. The minimum atomic E-state index is -0.0896. The average Bonchev–Trinajstić information content (AvgIpc) is 3.44. The van der Waals surface area contributed by atoms with Crippen LogP contribution in [-0.4, -0.2) is 34.4 Å². The van der Waals surface area contributed by atoms with Gasteiger partial charge in [0, 0.05) is 17.5 Å². The predicted molar refractivity (Wildman–Crippen MR) is 106 cm³/mol. The minimum absolute atomic E-state index is 0.0637. The fraction of sp³-hybridized carbons (Fsp3) is 0.300. The van der Waals surface area contributed by atoms with Gasteiger partial charge in [0.1, 0.15) is 11.6 Å². The Morgan fingerprint density at radius 1 is 1.33 bits per heavy atom. The molecule has 0 bridgehead atoms. The monoisotopic (exact) mass is 382 g/mol. The van der Waals surface area contributed by atoms with Crippen molar-refractivity contribution in [1.82, 2.24) is 14.7 Å². The van der Waals surface area contributed by atoms with Crippen molar-refractivity contribution in [3.8, 4) is 5.75 Å². The van der Waals surface area contributed by atoms with Gasteiger partial charge in [0.15, 0.2) is 0 Å². The van der Waals surface area contributed by atoms with Gasteiger partial charge in [-0.3, -0.25) is 5.32 Å². The normalized spacial score (nSPS) is 16.5. The van der Waals surface area contributed by atoms with E-state index in [2.05, 4.69) is 22.5 Å². The summed E-state index contributed by atoms with van der Waals surface area (Å²) < 4.78 is 7.15. The number of urea groups is 1. The van der Waals surface area contributed by atoms with Gasteiger partial charge in [0.25, 0.3) is 0 Å². The fourth-order valence-electron chi connectivity index (χ4n) is 3.50. The third kappa shape index (κ3) is 3.83. The van der Waals surface area contributed by atoms with Crippen molar-refractivity contribution in [2.45, 2.75) is 25.4 Å². The van der Waals surface area contributed by atoms with Gasteiger partial charge in [-0.15, -0.1) is 11.3 Å². The molecule has 1 N–H and O–H groups in total. The summed E-state index contributed by atoms with van der Waals surface area (Å²) >= 11 is 1.68. The van der Waals surface area contributed by atoms with E-state index in [1.54, 1.807) is 24.6 Å². The lowest BCUT2D eigenvalue weighted by molar-refractivity contribution is 0.206. The van der Waals surface area contributed by atoms with Crippen LogP contribution in [0, 0.1) is 0 Å². The number of likely N-dealkylation sites (tertiary alicyclic amines) is 1. The molecule has 0 spiro atoms. The van der Waals surface area contributed by atoms with Gasteiger partial charge < -0.3 is 9.64 Å². The first-order valence-electron chi connectivity index (χ1n) is 9.00. The zero-order valence-corrected chi connectivity index (χ0v) is 16.0. The average molecular weight is 382 g/mol. The van der Waals surface area contributed by atoms with E-state index in [0.717, 1.165) is 30.7 Å². The highest BCUT2D eigenvalue weighted by Crippen LogP contribution is 2.33. The molecule has 2 amide bonds. The van der Waals surface area contributed by atoms with Crippen molar-refractivity contribution < 1.29 is 9.53 Å². The second kappa shape index (κ2) is 7.84. The lowest BCUT2D eigenvalue weighted by Gasteiger charge is -2.25. The molecule has 3 heterocycles. The second-order valence-corrected chi connectivity index (χ2v) is 7.54. The third-order valence-electron chi connectivity index (χ3n) is 4.83. The number of nitrogens with one attached hydrogen (secondary N) is 1. The summed E-state index contributed by atoms with van der Waals surface area (Å²) in [4.78, 5) is 16.0. The Hall–Kier alpha value is -2.80. The van der Waals surface area contributed by atoms with Crippen molar-refractivity contribution in [2.24, 2.45) is 0 Å². The smallest absolute Gasteiger partial charge is 0.323 e. The first kappa shape index (κ1) is 17.6. The topological polar surface area (TPSA) is 59.4 Å². The highest BCUT2D eigenvalue weighted by atomic mass is 32.1. The van der Waals surface area contributed by atoms with Gasteiger partial charge in [0.05, 0.1) is 25.9 Å². The highest BCUT2D eigenvalue weighted by Gasteiger charge is 2.30. The lowest BCUT2D eigenvalue weighted by atomic mass is 10.0. The van der Waals surface area contributed by atoms with Crippen LogP contribution in [0.5, 0.6) is 5.75 Å². The van der Waals surface area contributed by atoms with E-state index in [-0.39, 0.29) is 12.1 Å². The van der Waals surface area contributed by atoms with E-state index in [1.807, 2.05) is 45.3 Å².